The Labute approximate surface area is 151 Å². The fourth-order valence-electron chi connectivity index (χ4n) is 2.50. The number of nitrogens with one attached hydrogen (secondary N) is 1. The summed E-state index contributed by atoms with van der Waals surface area (Å²) in [5, 5.41) is 3.51. The standard InChI is InChI=1S/C18H21N3O3S/c1-21-10-9-15-16(11-21)25-18(19-15)20-17(22)8-5-13-3-6-14(7-4-13)24-12-23-2/h3-8H,9-12H2,1-2H3,(H,19,20,22)/b8-5+. The normalized spacial score (nSPS) is 14.5. The first-order chi connectivity index (χ1) is 12.1. The van der Waals surface area contributed by atoms with Crippen molar-refractivity contribution in [3.63, 3.8) is 0 Å². The topological polar surface area (TPSA) is 63.7 Å². The number of aromatic nitrogens is 1. The molecule has 132 valence electrons. The quantitative estimate of drug-likeness (QED) is 0.635. The van der Waals surface area contributed by atoms with Crippen molar-refractivity contribution in [1.82, 2.24) is 9.88 Å². The Morgan fingerprint density at radius 3 is 2.96 bits per heavy atom. The van der Waals surface area contributed by atoms with Crippen LogP contribution in [-0.4, -0.2) is 43.3 Å². The summed E-state index contributed by atoms with van der Waals surface area (Å²) in [6.07, 6.45) is 4.21. The van der Waals surface area contributed by atoms with Gasteiger partial charge in [-0.2, -0.15) is 0 Å². The summed E-state index contributed by atoms with van der Waals surface area (Å²) in [5.74, 6) is 0.543. The molecule has 0 aliphatic carbocycles. The zero-order valence-electron chi connectivity index (χ0n) is 14.3. The van der Waals surface area contributed by atoms with Crippen LogP contribution in [0.3, 0.4) is 0 Å². The molecule has 0 atom stereocenters. The van der Waals surface area contributed by atoms with E-state index in [1.165, 1.54) is 11.0 Å². The van der Waals surface area contributed by atoms with E-state index < -0.39 is 0 Å². The highest BCUT2D eigenvalue weighted by atomic mass is 32.1. The Hall–Kier alpha value is -2.22. The number of likely N-dealkylation sites (N-methyl/N-ethyl adjacent to an activating group) is 1. The lowest BCUT2D eigenvalue weighted by molar-refractivity contribution is -0.111. The van der Waals surface area contributed by atoms with Crippen LogP contribution in [0.5, 0.6) is 5.75 Å². The molecule has 2 heterocycles. The van der Waals surface area contributed by atoms with Gasteiger partial charge >= 0.3 is 0 Å². The first-order valence-electron chi connectivity index (χ1n) is 8.02. The molecule has 1 aromatic carbocycles. The van der Waals surface area contributed by atoms with Gasteiger partial charge in [-0.05, 0) is 30.8 Å². The van der Waals surface area contributed by atoms with Crippen molar-refractivity contribution >= 4 is 28.5 Å². The number of ether oxygens (including phenoxy) is 2. The molecule has 7 heteroatoms. The fourth-order valence-corrected chi connectivity index (χ4v) is 3.59. The lowest BCUT2D eigenvalue weighted by atomic mass is 10.2. The molecule has 0 saturated carbocycles. The average Bonchev–Trinajstić information content (AvgIpc) is 3.00. The van der Waals surface area contributed by atoms with E-state index in [4.69, 9.17) is 9.47 Å². The number of fused-ring (bicyclic) bond motifs is 1. The van der Waals surface area contributed by atoms with Gasteiger partial charge in [-0.15, -0.1) is 11.3 Å². The zero-order chi connectivity index (χ0) is 17.6. The second-order valence-electron chi connectivity index (χ2n) is 5.82. The predicted octanol–water partition coefficient (Wildman–Crippen LogP) is 2.77. The molecular formula is C18H21N3O3S. The maximum Gasteiger partial charge on any atom is 0.250 e. The molecule has 1 aromatic heterocycles. The minimum absolute atomic E-state index is 0.181. The van der Waals surface area contributed by atoms with E-state index in [1.54, 1.807) is 24.5 Å². The lowest BCUT2D eigenvalue weighted by Gasteiger charge is -2.20. The number of carbonyl (C=O) groups is 1. The first kappa shape index (κ1) is 17.6. The van der Waals surface area contributed by atoms with Crippen LogP contribution in [0.2, 0.25) is 0 Å². The van der Waals surface area contributed by atoms with Gasteiger partial charge in [-0.1, -0.05) is 12.1 Å². The van der Waals surface area contributed by atoms with Crippen LogP contribution in [0.25, 0.3) is 6.08 Å². The molecule has 0 saturated heterocycles. The number of benzene rings is 1. The van der Waals surface area contributed by atoms with Crippen molar-refractivity contribution in [1.29, 1.82) is 0 Å². The number of anilines is 1. The number of hydrogen-bond acceptors (Lipinski definition) is 6. The fraction of sp³-hybridized carbons (Fsp3) is 0.333. The van der Waals surface area contributed by atoms with Gasteiger partial charge in [0, 0.05) is 37.6 Å². The molecule has 3 rings (SSSR count). The highest BCUT2D eigenvalue weighted by Gasteiger charge is 2.18. The molecule has 0 radical (unpaired) electrons. The van der Waals surface area contributed by atoms with Crippen LogP contribution in [0, 0.1) is 0 Å². The Kier molecular flexibility index (Phi) is 5.80. The summed E-state index contributed by atoms with van der Waals surface area (Å²) in [4.78, 5) is 20.1. The summed E-state index contributed by atoms with van der Waals surface area (Å²) in [7, 11) is 3.67. The predicted molar refractivity (Wildman–Crippen MR) is 98.8 cm³/mol. The van der Waals surface area contributed by atoms with E-state index in [9.17, 15) is 4.79 Å². The molecule has 1 aliphatic heterocycles. The van der Waals surface area contributed by atoms with E-state index in [2.05, 4.69) is 22.2 Å². The molecule has 1 N–H and O–H groups in total. The molecule has 25 heavy (non-hydrogen) atoms. The van der Waals surface area contributed by atoms with Gasteiger partial charge in [-0.25, -0.2) is 4.98 Å². The smallest absolute Gasteiger partial charge is 0.250 e. The minimum Gasteiger partial charge on any atom is -0.468 e. The Morgan fingerprint density at radius 1 is 1.40 bits per heavy atom. The number of methoxy groups -OCH3 is 1. The largest absolute Gasteiger partial charge is 0.468 e. The maximum absolute atomic E-state index is 12.1. The van der Waals surface area contributed by atoms with E-state index >= 15 is 0 Å². The van der Waals surface area contributed by atoms with Crippen LogP contribution in [-0.2, 0) is 22.5 Å². The summed E-state index contributed by atoms with van der Waals surface area (Å²) in [6, 6.07) is 7.43. The second kappa shape index (κ2) is 8.24. The molecule has 1 amide bonds. The molecule has 0 bridgehead atoms. The third-order valence-corrected chi connectivity index (χ3v) is 4.80. The molecular weight excluding hydrogens is 338 g/mol. The minimum atomic E-state index is -0.181. The number of amides is 1. The van der Waals surface area contributed by atoms with Crippen LogP contribution >= 0.6 is 11.3 Å². The number of hydrogen-bond donors (Lipinski definition) is 1. The Balaban J connectivity index is 1.56. The number of rotatable bonds is 6. The van der Waals surface area contributed by atoms with Crippen LogP contribution in [0.15, 0.2) is 30.3 Å². The van der Waals surface area contributed by atoms with E-state index in [-0.39, 0.29) is 12.7 Å². The monoisotopic (exact) mass is 359 g/mol. The van der Waals surface area contributed by atoms with Crippen LogP contribution in [0.4, 0.5) is 5.13 Å². The number of carbonyl (C=O) groups excluding carboxylic acids is 1. The zero-order valence-corrected chi connectivity index (χ0v) is 15.1. The molecule has 0 fully saturated rings. The molecule has 1 aliphatic rings. The SMILES string of the molecule is COCOc1ccc(/C=C/C(=O)Nc2nc3c(s2)CN(C)CC3)cc1. The average molecular weight is 359 g/mol. The Bertz CT molecular complexity index is 755. The van der Waals surface area contributed by atoms with Crippen LogP contribution in [0.1, 0.15) is 16.1 Å². The van der Waals surface area contributed by atoms with Gasteiger partial charge in [-0.3, -0.25) is 10.1 Å². The third kappa shape index (κ3) is 4.88. The van der Waals surface area contributed by atoms with Gasteiger partial charge in [0.2, 0.25) is 5.91 Å². The molecule has 6 nitrogen and oxygen atoms in total. The summed E-state index contributed by atoms with van der Waals surface area (Å²) in [6.45, 7) is 2.12. The van der Waals surface area contributed by atoms with Crippen molar-refractivity contribution in [3.05, 3.63) is 46.5 Å². The highest BCUT2D eigenvalue weighted by Crippen LogP contribution is 2.27. The highest BCUT2D eigenvalue weighted by molar-refractivity contribution is 7.15. The molecule has 2 aromatic rings. The van der Waals surface area contributed by atoms with Crippen molar-refractivity contribution in [3.8, 4) is 5.75 Å². The van der Waals surface area contributed by atoms with Gasteiger partial charge < -0.3 is 14.4 Å². The van der Waals surface area contributed by atoms with Gasteiger partial charge in [0.25, 0.3) is 0 Å². The summed E-state index contributed by atoms with van der Waals surface area (Å²) >= 11 is 1.55. The maximum atomic E-state index is 12.1. The summed E-state index contributed by atoms with van der Waals surface area (Å²) < 4.78 is 10.2. The Morgan fingerprint density at radius 2 is 2.20 bits per heavy atom. The number of nitrogens with zero attached hydrogens (tertiary/aromatic N) is 2. The number of thiazole rings is 1. The van der Waals surface area contributed by atoms with Crippen molar-refractivity contribution in [2.45, 2.75) is 13.0 Å². The first-order valence-corrected chi connectivity index (χ1v) is 8.83. The molecule has 0 spiro atoms. The van der Waals surface area contributed by atoms with Crippen molar-refractivity contribution in [2.24, 2.45) is 0 Å². The van der Waals surface area contributed by atoms with Crippen LogP contribution < -0.4 is 10.1 Å². The van der Waals surface area contributed by atoms with E-state index in [0.717, 1.165) is 36.5 Å². The second-order valence-corrected chi connectivity index (χ2v) is 6.90. The summed E-state index contributed by atoms with van der Waals surface area (Å²) in [5.41, 5.74) is 2.02. The van der Waals surface area contributed by atoms with Gasteiger partial charge in [0.15, 0.2) is 11.9 Å². The van der Waals surface area contributed by atoms with E-state index in [1.807, 2.05) is 24.3 Å². The third-order valence-electron chi connectivity index (χ3n) is 3.80. The van der Waals surface area contributed by atoms with Crippen molar-refractivity contribution < 1.29 is 14.3 Å². The van der Waals surface area contributed by atoms with Gasteiger partial charge in [0.1, 0.15) is 5.75 Å². The molecule has 0 unspecified atom stereocenters. The lowest BCUT2D eigenvalue weighted by Crippen LogP contribution is -2.25. The van der Waals surface area contributed by atoms with E-state index in [0.29, 0.717) is 5.13 Å². The van der Waals surface area contributed by atoms with Gasteiger partial charge in [0.05, 0.1) is 5.69 Å². The van der Waals surface area contributed by atoms with Crippen molar-refractivity contribution in [2.75, 3.05) is 32.8 Å².